The van der Waals surface area contributed by atoms with Gasteiger partial charge in [0.1, 0.15) is 22.3 Å². The molecule has 0 amide bonds. The number of furan rings is 2. The zero-order valence-corrected chi connectivity index (χ0v) is 31.4. The molecule has 13 rings (SSSR count). The van der Waals surface area contributed by atoms with E-state index >= 15 is 0 Å². The summed E-state index contributed by atoms with van der Waals surface area (Å²) in [5.74, 6) is 0. The highest BCUT2D eigenvalue weighted by Gasteiger charge is 2.47. The fourth-order valence-electron chi connectivity index (χ4n) is 10.4. The Labute approximate surface area is 328 Å². The van der Waals surface area contributed by atoms with Crippen molar-refractivity contribution in [2.45, 2.75) is 13.8 Å². The van der Waals surface area contributed by atoms with Crippen LogP contribution in [0.3, 0.4) is 0 Å². The van der Waals surface area contributed by atoms with Crippen molar-refractivity contribution in [1.82, 2.24) is 0 Å². The lowest BCUT2D eigenvalue weighted by Crippen LogP contribution is -2.61. The number of hydrogen-bond donors (Lipinski definition) is 0. The lowest BCUT2D eigenvalue weighted by molar-refractivity contribution is 0.669. The van der Waals surface area contributed by atoms with Crippen molar-refractivity contribution >= 4 is 123 Å². The van der Waals surface area contributed by atoms with Crippen LogP contribution >= 0.6 is 0 Å². The molecule has 0 spiro atoms. The Morgan fingerprint density at radius 2 is 0.737 bits per heavy atom. The van der Waals surface area contributed by atoms with E-state index in [0.29, 0.717) is 0 Å². The van der Waals surface area contributed by atoms with E-state index in [9.17, 15) is 0 Å². The summed E-state index contributed by atoms with van der Waals surface area (Å²) in [6.07, 6.45) is 0. The molecular weight excluding hydrogens is 695 g/mol. The number of anilines is 6. The van der Waals surface area contributed by atoms with Crippen LogP contribution in [0.25, 0.3) is 65.4 Å². The predicted molar refractivity (Wildman–Crippen MR) is 240 cm³/mol. The van der Waals surface area contributed by atoms with E-state index in [4.69, 9.17) is 8.83 Å². The highest BCUT2D eigenvalue weighted by Crippen LogP contribution is 2.52. The van der Waals surface area contributed by atoms with Gasteiger partial charge in [0.2, 0.25) is 0 Å². The Hall–Kier alpha value is -7.24. The highest BCUT2D eigenvalue weighted by atomic mass is 16.3. The Morgan fingerprint density at radius 1 is 0.351 bits per heavy atom. The summed E-state index contributed by atoms with van der Waals surface area (Å²) < 4.78 is 14.0. The van der Waals surface area contributed by atoms with Crippen LogP contribution in [0.1, 0.15) is 11.1 Å². The van der Waals surface area contributed by atoms with Crippen LogP contribution in [0.2, 0.25) is 0 Å². The molecule has 266 valence electrons. The second kappa shape index (κ2) is 11.2. The van der Waals surface area contributed by atoms with Crippen molar-refractivity contribution in [3.63, 3.8) is 0 Å². The molecule has 0 atom stereocenters. The molecule has 0 radical (unpaired) electrons. The average Bonchev–Trinajstić information content (AvgIpc) is 3.86. The van der Waals surface area contributed by atoms with Crippen LogP contribution in [0.5, 0.6) is 0 Å². The topological polar surface area (TPSA) is 32.8 Å². The van der Waals surface area contributed by atoms with Gasteiger partial charge in [-0.2, -0.15) is 0 Å². The van der Waals surface area contributed by atoms with E-state index in [1.165, 1.54) is 49.9 Å². The minimum atomic E-state index is -0.130. The van der Waals surface area contributed by atoms with Crippen LogP contribution < -0.4 is 26.2 Å². The summed E-state index contributed by atoms with van der Waals surface area (Å²) in [6, 6.07) is 59.5. The molecule has 11 aromatic rings. The zero-order valence-electron chi connectivity index (χ0n) is 31.4. The second-order valence-electron chi connectivity index (χ2n) is 15.6. The molecule has 2 aliphatic heterocycles. The lowest BCUT2D eigenvalue weighted by Gasteiger charge is -2.45. The van der Waals surface area contributed by atoms with E-state index in [-0.39, 0.29) is 6.71 Å². The Kier molecular flexibility index (Phi) is 6.08. The quantitative estimate of drug-likeness (QED) is 0.166. The van der Waals surface area contributed by atoms with Gasteiger partial charge in [-0.05, 0) is 88.5 Å². The lowest BCUT2D eigenvalue weighted by atomic mass is 9.32. The van der Waals surface area contributed by atoms with E-state index < -0.39 is 0 Å². The first kappa shape index (κ1) is 31.0. The molecule has 4 nitrogen and oxygen atoms in total. The number of para-hydroxylation sites is 4. The third-order valence-electron chi connectivity index (χ3n) is 12.6. The number of fused-ring (bicyclic) bond motifs is 18. The zero-order chi connectivity index (χ0) is 37.5. The van der Waals surface area contributed by atoms with Gasteiger partial charge in [-0.1, -0.05) is 127 Å². The van der Waals surface area contributed by atoms with Crippen molar-refractivity contribution < 1.29 is 8.83 Å². The molecule has 0 bridgehead atoms. The number of hydrogen-bond acceptors (Lipinski definition) is 4. The molecule has 0 N–H and O–H groups in total. The molecule has 0 fully saturated rings. The van der Waals surface area contributed by atoms with Crippen molar-refractivity contribution in [3.8, 4) is 0 Å². The summed E-state index contributed by atoms with van der Waals surface area (Å²) in [5.41, 5.74) is 16.7. The fourth-order valence-corrected chi connectivity index (χ4v) is 10.4. The van der Waals surface area contributed by atoms with Crippen LogP contribution in [0, 0.1) is 13.8 Å². The monoisotopic (exact) mass is 728 g/mol. The van der Waals surface area contributed by atoms with Gasteiger partial charge < -0.3 is 18.6 Å². The molecule has 57 heavy (non-hydrogen) atoms. The number of benzene rings is 9. The van der Waals surface area contributed by atoms with Gasteiger partial charge in [-0.25, -0.2) is 0 Å². The van der Waals surface area contributed by atoms with Gasteiger partial charge in [0.25, 0.3) is 6.71 Å². The summed E-state index contributed by atoms with van der Waals surface area (Å²) in [5, 5.41) is 9.18. The maximum absolute atomic E-state index is 7.02. The summed E-state index contributed by atoms with van der Waals surface area (Å²) in [4.78, 5) is 5.03. The predicted octanol–water partition coefficient (Wildman–Crippen LogP) is 12.5. The fraction of sp³-hybridized carbons (Fsp3) is 0.0385. The number of nitrogens with zero attached hydrogens (tertiary/aromatic N) is 2. The summed E-state index contributed by atoms with van der Waals surface area (Å²) in [6.45, 7) is 4.17. The standard InChI is InChI=1S/C52H33BN2O2/c1-30-16-13-26-38-42-47-44(34-22-9-11-24-36(34)51(42)56-49(30)38)53-45-35-23-10-12-25-37(35)52-43(39-27-14-17-31(2)50(39)57-52)48(45)55(33-20-7-4-8-21-33)41-29-15-28-40(46(41)53)54(47)32-18-5-3-6-19-32/h3-29H,1-2H3. The first-order valence-electron chi connectivity index (χ1n) is 19.7. The first-order chi connectivity index (χ1) is 28.2. The van der Waals surface area contributed by atoms with E-state index in [1.54, 1.807) is 0 Å². The van der Waals surface area contributed by atoms with Gasteiger partial charge >= 0.3 is 0 Å². The normalized spacial score (nSPS) is 13.3. The molecular formula is C52H33BN2O2. The van der Waals surface area contributed by atoms with E-state index in [1.807, 2.05) is 0 Å². The Balaban J connectivity index is 1.32. The van der Waals surface area contributed by atoms with E-state index in [2.05, 4.69) is 187 Å². The Morgan fingerprint density at radius 3 is 1.19 bits per heavy atom. The molecule has 0 saturated heterocycles. The van der Waals surface area contributed by atoms with Crippen molar-refractivity contribution in [3.05, 3.63) is 175 Å². The summed E-state index contributed by atoms with van der Waals surface area (Å²) >= 11 is 0. The summed E-state index contributed by atoms with van der Waals surface area (Å²) in [7, 11) is 0. The second-order valence-corrected chi connectivity index (χ2v) is 15.6. The average molecular weight is 729 g/mol. The minimum absolute atomic E-state index is 0.130. The maximum Gasteiger partial charge on any atom is 0.253 e. The highest BCUT2D eigenvalue weighted by molar-refractivity contribution is 7.03. The van der Waals surface area contributed by atoms with Crippen LogP contribution in [-0.2, 0) is 0 Å². The smallest absolute Gasteiger partial charge is 0.253 e. The first-order valence-corrected chi connectivity index (χ1v) is 19.7. The van der Waals surface area contributed by atoms with Crippen LogP contribution in [-0.4, -0.2) is 6.71 Å². The van der Waals surface area contributed by atoms with Gasteiger partial charge in [0.15, 0.2) is 0 Å². The van der Waals surface area contributed by atoms with Crippen molar-refractivity contribution in [2.24, 2.45) is 0 Å². The molecule has 0 saturated carbocycles. The molecule has 4 heterocycles. The van der Waals surface area contributed by atoms with Crippen LogP contribution in [0.15, 0.2) is 173 Å². The van der Waals surface area contributed by atoms with Gasteiger partial charge in [-0.15, -0.1) is 0 Å². The molecule has 2 aromatic heterocycles. The van der Waals surface area contributed by atoms with Gasteiger partial charge in [0.05, 0.1) is 22.1 Å². The third-order valence-corrected chi connectivity index (χ3v) is 12.6. The maximum atomic E-state index is 7.02. The molecule has 0 unspecified atom stereocenters. The number of rotatable bonds is 2. The van der Waals surface area contributed by atoms with Crippen LogP contribution in [0.4, 0.5) is 34.1 Å². The van der Waals surface area contributed by atoms with Gasteiger partial charge in [-0.3, -0.25) is 0 Å². The molecule has 9 aromatic carbocycles. The Bertz CT molecular complexity index is 3280. The van der Waals surface area contributed by atoms with Crippen molar-refractivity contribution in [2.75, 3.05) is 9.80 Å². The molecule has 0 aliphatic carbocycles. The molecule has 2 aliphatic rings. The SMILES string of the molecule is Cc1cccc2c1oc1c3ccccc3c3c(c21)N(c1ccccc1)c1cccc2c1B3c1c(c3c4cccc(C)c4oc3c3ccccc13)N2c1ccccc1. The third kappa shape index (κ3) is 3.93. The van der Waals surface area contributed by atoms with Crippen molar-refractivity contribution in [1.29, 1.82) is 0 Å². The van der Waals surface area contributed by atoms with Gasteiger partial charge in [0, 0.05) is 44.3 Å². The largest absolute Gasteiger partial charge is 0.455 e. The van der Waals surface area contributed by atoms with E-state index in [0.717, 1.165) is 77.2 Å². The number of aryl methyl sites for hydroxylation is 2. The molecule has 5 heteroatoms. The minimum Gasteiger partial charge on any atom is -0.455 e.